The van der Waals surface area contributed by atoms with Gasteiger partial charge >= 0.3 is 12.1 Å². The number of fused-ring (bicyclic) bond motifs is 1. The lowest BCUT2D eigenvalue weighted by Crippen LogP contribution is -2.36. The molecule has 0 fully saturated rings. The molecule has 0 unspecified atom stereocenters. The van der Waals surface area contributed by atoms with E-state index in [1.807, 2.05) is 12.1 Å². The Hall–Kier alpha value is -3.45. The molecule has 2 amide bonds. The second kappa shape index (κ2) is 10.5. The van der Waals surface area contributed by atoms with Crippen molar-refractivity contribution in [3.63, 3.8) is 0 Å². The number of hydrogen-bond acceptors (Lipinski definition) is 8. The fourth-order valence-electron chi connectivity index (χ4n) is 3.16. The number of anilines is 1. The van der Waals surface area contributed by atoms with Crippen LogP contribution in [0.5, 0.6) is 0 Å². The minimum absolute atomic E-state index is 0.00691. The molecule has 0 atom stereocenters. The van der Waals surface area contributed by atoms with Crippen molar-refractivity contribution in [1.82, 2.24) is 9.88 Å². The molecular weight excluding hydrogens is 420 g/mol. The lowest BCUT2D eigenvalue weighted by atomic mass is 10.0. The molecule has 0 saturated carbocycles. The number of nitrogens with zero attached hydrogens (tertiary/aromatic N) is 3. The molecule has 1 aliphatic rings. The Morgan fingerprint density at radius 1 is 1.32 bits per heavy atom. The molecule has 0 spiro atoms. The largest absolute Gasteiger partial charge is 0.462 e. The first kappa shape index (κ1) is 22.2. The molecule has 0 saturated heterocycles. The highest BCUT2D eigenvalue weighted by Crippen LogP contribution is 2.36. The summed E-state index contributed by atoms with van der Waals surface area (Å²) in [6, 6.07) is 5.91. The average molecular weight is 442 g/mol. The van der Waals surface area contributed by atoms with Gasteiger partial charge in [-0.15, -0.1) is 11.3 Å². The normalized spacial score (nSPS) is 12.5. The fourth-order valence-corrected chi connectivity index (χ4v) is 4.39. The summed E-state index contributed by atoms with van der Waals surface area (Å²) < 4.78 is 9.87. The van der Waals surface area contributed by atoms with Crippen LogP contribution in [0.1, 0.15) is 34.9 Å². The minimum atomic E-state index is -0.508. The number of carbonyl (C=O) groups excluding carboxylic acids is 3. The van der Waals surface area contributed by atoms with Gasteiger partial charge in [-0.05, 0) is 30.0 Å². The van der Waals surface area contributed by atoms with Gasteiger partial charge in [0.2, 0.25) is 5.91 Å². The monoisotopic (exact) mass is 442 g/mol. The maximum atomic E-state index is 12.4. The van der Waals surface area contributed by atoms with Crippen LogP contribution in [0.25, 0.3) is 0 Å². The van der Waals surface area contributed by atoms with Crippen molar-refractivity contribution in [1.29, 1.82) is 5.26 Å². The van der Waals surface area contributed by atoms with Crippen LogP contribution in [0.4, 0.5) is 9.80 Å². The highest BCUT2D eigenvalue weighted by Gasteiger charge is 2.28. The van der Waals surface area contributed by atoms with Crippen molar-refractivity contribution in [2.75, 3.05) is 25.1 Å². The van der Waals surface area contributed by atoms with Crippen molar-refractivity contribution in [2.45, 2.75) is 32.7 Å². The maximum absolute atomic E-state index is 12.4. The van der Waals surface area contributed by atoms with Gasteiger partial charge in [0.15, 0.2) is 0 Å². The molecule has 1 aliphatic heterocycles. The predicted molar refractivity (Wildman–Crippen MR) is 112 cm³/mol. The zero-order chi connectivity index (χ0) is 22.2. The van der Waals surface area contributed by atoms with E-state index < -0.39 is 12.1 Å². The number of nitriles is 1. The van der Waals surface area contributed by atoms with Crippen LogP contribution in [0.3, 0.4) is 0 Å². The summed E-state index contributed by atoms with van der Waals surface area (Å²) in [5.74, 6) is -0.614. The van der Waals surface area contributed by atoms with Crippen molar-refractivity contribution in [3.05, 3.63) is 46.1 Å². The van der Waals surface area contributed by atoms with E-state index in [1.165, 1.54) is 23.2 Å². The lowest BCUT2D eigenvalue weighted by Gasteiger charge is -2.26. The summed E-state index contributed by atoms with van der Waals surface area (Å²) in [4.78, 5) is 41.8. The number of rotatable bonds is 7. The smallest absolute Gasteiger partial charge is 0.410 e. The number of hydrogen-bond donors (Lipinski definition) is 1. The van der Waals surface area contributed by atoms with Gasteiger partial charge in [-0.1, -0.05) is 6.07 Å². The summed E-state index contributed by atoms with van der Waals surface area (Å²) in [6.45, 7) is 1.97. The van der Waals surface area contributed by atoms with E-state index in [0.29, 0.717) is 36.5 Å². The number of aromatic nitrogens is 1. The first-order valence-corrected chi connectivity index (χ1v) is 10.6. The second-order valence-electron chi connectivity index (χ2n) is 6.86. The first-order chi connectivity index (χ1) is 15.0. The third kappa shape index (κ3) is 6.02. The number of esters is 1. The van der Waals surface area contributed by atoms with Crippen molar-refractivity contribution < 1.29 is 23.9 Å². The highest BCUT2D eigenvalue weighted by molar-refractivity contribution is 7.16. The molecule has 162 valence electrons. The maximum Gasteiger partial charge on any atom is 0.410 e. The molecule has 3 rings (SSSR count). The minimum Gasteiger partial charge on any atom is -0.462 e. The van der Waals surface area contributed by atoms with Gasteiger partial charge < -0.3 is 19.7 Å². The van der Waals surface area contributed by atoms with E-state index in [1.54, 1.807) is 12.4 Å². The molecule has 1 N–H and O–H groups in total. The van der Waals surface area contributed by atoms with Crippen molar-refractivity contribution >= 4 is 34.3 Å². The van der Waals surface area contributed by atoms with Gasteiger partial charge in [-0.2, -0.15) is 5.26 Å². The van der Waals surface area contributed by atoms with Gasteiger partial charge in [0.05, 0.1) is 12.1 Å². The predicted octanol–water partition coefficient (Wildman–Crippen LogP) is 2.64. The van der Waals surface area contributed by atoms with Crippen LogP contribution in [0.15, 0.2) is 24.5 Å². The third-order valence-electron chi connectivity index (χ3n) is 4.66. The second-order valence-corrected chi connectivity index (χ2v) is 7.96. The van der Waals surface area contributed by atoms with E-state index in [9.17, 15) is 19.6 Å². The molecule has 2 aromatic rings. The van der Waals surface area contributed by atoms with Crippen molar-refractivity contribution in [3.8, 4) is 6.07 Å². The van der Waals surface area contributed by atoms with E-state index in [2.05, 4.69) is 16.4 Å². The fraction of sp³-hybridized carbons (Fsp3) is 0.381. The molecule has 31 heavy (non-hydrogen) atoms. The molecular formula is C21H22N4O5S. The number of pyridine rings is 1. The number of ether oxygens (including phenoxy) is 2. The molecule has 0 radical (unpaired) electrons. The Bertz CT molecular complexity index is 999. The summed E-state index contributed by atoms with van der Waals surface area (Å²) in [6.07, 6.45) is 4.22. The quantitative estimate of drug-likeness (QED) is 0.517. The van der Waals surface area contributed by atoms with Crippen LogP contribution in [0.2, 0.25) is 0 Å². The third-order valence-corrected chi connectivity index (χ3v) is 5.79. The Balaban J connectivity index is 1.58. The topological polar surface area (TPSA) is 122 Å². The van der Waals surface area contributed by atoms with Crippen molar-refractivity contribution in [2.24, 2.45) is 0 Å². The van der Waals surface area contributed by atoms with E-state index in [-0.39, 0.29) is 25.5 Å². The van der Waals surface area contributed by atoms with Crippen LogP contribution in [-0.4, -0.2) is 47.6 Å². The van der Waals surface area contributed by atoms with E-state index in [0.717, 1.165) is 16.0 Å². The molecule has 10 heteroatoms. The van der Waals surface area contributed by atoms with E-state index in [4.69, 9.17) is 9.47 Å². The molecule has 3 heterocycles. The Morgan fingerprint density at radius 3 is 2.84 bits per heavy atom. The molecule has 9 nitrogen and oxygen atoms in total. The van der Waals surface area contributed by atoms with Gasteiger partial charge in [0, 0.05) is 37.2 Å². The Morgan fingerprint density at radius 2 is 2.13 bits per heavy atom. The Kier molecular flexibility index (Phi) is 7.56. The van der Waals surface area contributed by atoms with Gasteiger partial charge in [-0.3, -0.25) is 14.6 Å². The molecule has 0 aliphatic carbocycles. The van der Waals surface area contributed by atoms with Gasteiger partial charge in [0.1, 0.15) is 24.3 Å². The van der Waals surface area contributed by atoms with Crippen LogP contribution >= 0.6 is 11.3 Å². The number of carbonyl (C=O) groups is 3. The SMILES string of the molecule is CC(=O)OCCOC(=O)N1CCc2c(sc(NC(=O)CCc3cccnc3)c2C#N)C1. The zero-order valence-electron chi connectivity index (χ0n) is 17.1. The van der Waals surface area contributed by atoms with Crippen LogP contribution < -0.4 is 5.32 Å². The molecule has 0 aromatic carbocycles. The first-order valence-electron chi connectivity index (χ1n) is 9.76. The highest BCUT2D eigenvalue weighted by atomic mass is 32.1. The number of nitrogens with one attached hydrogen (secondary N) is 1. The lowest BCUT2D eigenvalue weighted by molar-refractivity contribution is -0.142. The summed E-state index contributed by atoms with van der Waals surface area (Å²) >= 11 is 1.30. The average Bonchev–Trinajstić information content (AvgIpc) is 3.11. The standard InChI is InChI=1S/C21H22N4O5S/c1-14(26)29-9-10-30-21(28)25-8-6-16-17(11-22)20(31-18(16)13-25)24-19(27)5-4-15-3-2-7-23-12-15/h2-3,7,12H,4-6,8-10,13H2,1H3,(H,24,27). The summed E-state index contributed by atoms with van der Waals surface area (Å²) in [5, 5.41) is 12.9. The van der Waals surface area contributed by atoms with Gasteiger partial charge in [-0.25, -0.2) is 4.79 Å². The molecule has 2 aromatic heterocycles. The van der Waals surface area contributed by atoms with Crippen LogP contribution in [-0.2, 0) is 38.4 Å². The molecule has 0 bridgehead atoms. The number of thiophene rings is 1. The van der Waals surface area contributed by atoms with Gasteiger partial charge in [0.25, 0.3) is 0 Å². The summed E-state index contributed by atoms with van der Waals surface area (Å²) in [7, 11) is 0. The number of amides is 2. The zero-order valence-corrected chi connectivity index (χ0v) is 17.9. The van der Waals surface area contributed by atoms with Crippen LogP contribution in [0, 0.1) is 11.3 Å². The Labute approximate surface area is 183 Å². The summed E-state index contributed by atoms with van der Waals surface area (Å²) in [5.41, 5.74) is 2.28. The van der Waals surface area contributed by atoms with E-state index >= 15 is 0 Å². The number of aryl methyl sites for hydroxylation is 1.